The highest BCUT2D eigenvalue weighted by atomic mass is 35.5. The average molecular weight is 325 g/mol. The molecule has 0 aromatic carbocycles. The lowest BCUT2D eigenvalue weighted by atomic mass is 10.2. The smallest absolute Gasteiger partial charge is 0.371 e. The minimum absolute atomic E-state index is 0.00803. The number of nitrogens with one attached hydrogen (secondary N) is 1. The third-order valence-electron chi connectivity index (χ3n) is 3.08. The van der Waals surface area contributed by atoms with Crippen LogP contribution in [-0.2, 0) is 11.8 Å². The van der Waals surface area contributed by atoms with E-state index in [1.54, 1.807) is 0 Å². The molecule has 1 saturated heterocycles. The van der Waals surface area contributed by atoms with Crippen molar-refractivity contribution in [3.05, 3.63) is 21.6 Å². The summed E-state index contributed by atoms with van der Waals surface area (Å²) >= 11 is 5.83. The third kappa shape index (κ3) is 3.46. The number of rotatable bonds is 3. The first-order chi connectivity index (χ1) is 9.69. The van der Waals surface area contributed by atoms with Gasteiger partial charge in [0.25, 0.3) is 5.56 Å². The summed E-state index contributed by atoms with van der Waals surface area (Å²) in [4.78, 5) is 24.2. The molecule has 1 fully saturated rings. The second kappa shape index (κ2) is 5.55. The molecular weight excluding hydrogens is 313 g/mol. The van der Waals surface area contributed by atoms with Crippen molar-refractivity contribution in [2.75, 3.05) is 18.4 Å². The largest absolute Gasteiger partial charge is 0.406 e. The van der Waals surface area contributed by atoms with Gasteiger partial charge in [-0.05, 0) is 6.42 Å². The fourth-order valence-electron chi connectivity index (χ4n) is 2.05. The molecule has 1 aliphatic rings. The molecule has 0 saturated carbocycles. The highest BCUT2D eigenvalue weighted by Crippen LogP contribution is 2.24. The predicted octanol–water partition coefficient (Wildman–Crippen LogP) is 1.01. The Bertz CT molecular complexity index is 616. The average Bonchev–Trinajstić information content (AvgIpc) is 2.70. The minimum Gasteiger partial charge on any atom is -0.371 e. The fourth-order valence-corrected chi connectivity index (χ4v) is 2.27. The van der Waals surface area contributed by atoms with E-state index in [1.165, 1.54) is 13.2 Å². The first-order valence-corrected chi connectivity index (χ1v) is 6.41. The van der Waals surface area contributed by atoms with Crippen molar-refractivity contribution in [1.82, 2.24) is 14.7 Å². The van der Waals surface area contributed by atoms with Gasteiger partial charge in [0.05, 0.1) is 11.9 Å². The number of alkyl halides is 3. The van der Waals surface area contributed by atoms with E-state index >= 15 is 0 Å². The molecule has 0 spiro atoms. The zero-order chi connectivity index (χ0) is 15.8. The van der Waals surface area contributed by atoms with E-state index in [1.807, 2.05) is 0 Å². The van der Waals surface area contributed by atoms with Crippen LogP contribution in [0.1, 0.15) is 6.42 Å². The zero-order valence-corrected chi connectivity index (χ0v) is 11.7. The van der Waals surface area contributed by atoms with E-state index in [2.05, 4.69) is 10.4 Å². The Morgan fingerprint density at radius 3 is 2.76 bits per heavy atom. The number of halogens is 4. The van der Waals surface area contributed by atoms with Gasteiger partial charge >= 0.3 is 6.18 Å². The van der Waals surface area contributed by atoms with Crippen LogP contribution in [0.3, 0.4) is 0 Å². The van der Waals surface area contributed by atoms with Crippen molar-refractivity contribution >= 4 is 23.2 Å². The lowest BCUT2D eigenvalue weighted by molar-refractivity contribution is -0.157. The molecule has 10 heteroatoms. The van der Waals surface area contributed by atoms with Crippen molar-refractivity contribution in [1.29, 1.82) is 0 Å². The number of nitrogens with zero attached hydrogens (tertiary/aromatic N) is 3. The van der Waals surface area contributed by atoms with Crippen LogP contribution in [0.5, 0.6) is 0 Å². The Labute approximate surface area is 122 Å². The van der Waals surface area contributed by atoms with Crippen LogP contribution >= 0.6 is 11.6 Å². The standard InChI is InChI=1S/C11H12ClF3N4O2/c1-18-10(21)8(12)7(4-16-18)17-6-2-3-19(9(6)20)5-11(13,14)15/h4,6,17H,2-3,5H2,1H3. The highest BCUT2D eigenvalue weighted by molar-refractivity contribution is 6.33. The maximum absolute atomic E-state index is 12.3. The number of hydrogen-bond acceptors (Lipinski definition) is 4. The van der Waals surface area contributed by atoms with E-state index in [4.69, 9.17) is 11.6 Å². The summed E-state index contributed by atoms with van der Waals surface area (Å²) in [5.74, 6) is -0.677. The molecule has 1 atom stereocenters. The molecule has 21 heavy (non-hydrogen) atoms. The summed E-state index contributed by atoms with van der Waals surface area (Å²) < 4.78 is 37.9. The van der Waals surface area contributed by atoms with Crippen LogP contribution in [0.4, 0.5) is 18.9 Å². The minimum atomic E-state index is -4.44. The first kappa shape index (κ1) is 15.6. The van der Waals surface area contributed by atoms with Gasteiger partial charge < -0.3 is 10.2 Å². The van der Waals surface area contributed by atoms with Crippen LogP contribution in [0.25, 0.3) is 0 Å². The molecule has 2 heterocycles. The van der Waals surface area contributed by atoms with Gasteiger partial charge in [-0.3, -0.25) is 9.59 Å². The number of amides is 1. The van der Waals surface area contributed by atoms with Gasteiger partial charge in [-0.2, -0.15) is 18.3 Å². The van der Waals surface area contributed by atoms with Gasteiger partial charge in [0.1, 0.15) is 17.6 Å². The van der Waals surface area contributed by atoms with E-state index in [9.17, 15) is 22.8 Å². The molecule has 2 rings (SSSR count). The normalized spacial score (nSPS) is 19.2. The second-order valence-electron chi connectivity index (χ2n) is 4.66. The molecule has 0 radical (unpaired) electrons. The van der Waals surface area contributed by atoms with Crippen LogP contribution in [0.2, 0.25) is 5.02 Å². The predicted molar refractivity (Wildman–Crippen MR) is 69.2 cm³/mol. The van der Waals surface area contributed by atoms with Gasteiger partial charge in [0, 0.05) is 13.6 Å². The monoisotopic (exact) mass is 324 g/mol. The van der Waals surface area contributed by atoms with Gasteiger partial charge in [-0.25, -0.2) is 4.68 Å². The number of hydrogen-bond donors (Lipinski definition) is 1. The Morgan fingerprint density at radius 1 is 1.48 bits per heavy atom. The van der Waals surface area contributed by atoms with Crippen LogP contribution in [0.15, 0.2) is 11.0 Å². The first-order valence-electron chi connectivity index (χ1n) is 6.03. The zero-order valence-electron chi connectivity index (χ0n) is 10.9. The molecule has 1 amide bonds. The number of likely N-dealkylation sites (tertiary alicyclic amines) is 1. The molecule has 1 aromatic heterocycles. The van der Waals surface area contributed by atoms with Gasteiger partial charge in [0.2, 0.25) is 5.91 Å². The van der Waals surface area contributed by atoms with Crippen LogP contribution < -0.4 is 10.9 Å². The number of anilines is 1. The van der Waals surface area contributed by atoms with Crippen molar-refractivity contribution < 1.29 is 18.0 Å². The topological polar surface area (TPSA) is 67.2 Å². The van der Waals surface area contributed by atoms with E-state index in [0.717, 1.165) is 9.58 Å². The molecule has 1 N–H and O–H groups in total. The molecule has 116 valence electrons. The number of aromatic nitrogens is 2. The van der Waals surface area contributed by atoms with Gasteiger partial charge in [0.15, 0.2) is 0 Å². The Kier molecular flexibility index (Phi) is 4.13. The molecular formula is C11H12ClF3N4O2. The molecule has 0 aliphatic carbocycles. The molecule has 1 unspecified atom stereocenters. The summed E-state index contributed by atoms with van der Waals surface area (Å²) in [5.41, 5.74) is -0.425. The molecule has 6 nitrogen and oxygen atoms in total. The quantitative estimate of drug-likeness (QED) is 0.901. The van der Waals surface area contributed by atoms with Gasteiger partial charge in [-0.15, -0.1) is 0 Å². The van der Waals surface area contributed by atoms with Crippen LogP contribution in [0, 0.1) is 0 Å². The lowest BCUT2D eigenvalue weighted by Crippen LogP contribution is -2.39. The summed E-state index contributed by atoms with van der Waals surface area (Å²) in [6, 6.07) is -0.848. The van der Waals surface area contributed by atoms with E-state index < -0.39 is 30.2 Å². The molecule has 1 aliphatic heterocycles. The molecule has 0 bridgehead atoms. The van der Waals surface area contributed by atoms with Crippen molar-refractivity contribution in [3.8, 4) is 0 Å². The summed E-state index contributed by atoms with van der Waals surface area (Å²) in [7, 11) is 1.41. The number of carbonyl (C=O) groups is 1. The Balaban J connectivity index is 2.10. The van der Waals surface area contributed by atoms with Crippen LogP contribution in [-0.4, -0.2) is 45.9 Å². The van der Waals surface area contributed by atoms with Crippen molar-refractivity contribution in [2.45, 2.75) is 18.6 Å². The maximum atomic E-state index is 12.3. The third-order valence-corrected chi connectivity index (χ3v) is 3.44. The fraction of sp³-hybridized carbons (Fsp3) is 0.545. The Morgan fingerprint density at radius 2 is 2.14 bits per heavy atom. The van der Waals surface area contributed by atoms with Crippen molar-refractivity contribution in [2.24, 2.45) is 7.05 Å². The second-order valence-corrected chi connectivity index (χ2v) is 5.04. The lowest BCUT2D eigenvalue weighted by Gasteiger charge is -2.19. The summed E-state index contributed by atoms with van der Waals surface area (Å²) in [5, 5.41) is 6.26. The van der Waals surface area contributed by atoms with Gasteiger partial charge in [-0.1, -0.05) is 11.6 Å². The van der Waals surface area contributed by atoms with E-state index in [0.29, 0.717) is 0 Å². The van der Waals surface area contributed by atoms with Crippen molar-refractivity contribution in [3.63, 3.8) is 0 Å². The SMILES string of the molecule is Cn1ncc(NC2CCN(CC(F)(F)F)C2=O)c(Cl)c1=O. The Hall–Kier alpha value is -1.77. The number of aryl methyl sites for hydroxylation is 1. The highest BCUT2D eigenvalue weighted by Gasteiger charge is 2.39. The number of carbonyl (C=O) groups excluding carboxylic acids is 1. The summed E-state index contributed by atoms with van der Waals surface area (Å²) in [6.45, 7) is -1.29. The summed E-state index contributed by atoms with van der Waals surface area (Å²) in [6.07, 6.45) is -2.99. The molecule has 1 aromatic rings. The maximum Gasteiger partial charge on any atom is 0.406 e. The van der Waals surface area contributed by atoms with E-state index in [-0.39, 0.29) is 23.7 Å².